The first kappa shape index (κ1) is 15.5. The Balaban J connectivity index is 1.50. The van der Waals surface area contributed by atoms with E-state index < -0.39 is 0 Å². The van der Waals surface area contributed by atoms with Crippen molar-refractivity contribution in [2.24, 2.45) is 5.92 Å². The number of hydrogen-bond acceptors (Lipinski definition) is 6. The summed E-state index contributed by atoms with van der Waals surface area (Å²) in [6.07, 6.45) is 6.45. The van der Waals surface area contributed by atoms with Crippen LogP contribution in [0.3, 0.4) is 0 Å². The molecule has 7 nitrogen and oxygen atoms in total. The third-order valence-corrected chi connectivity index (χ3v) is 5.39. The fourth-order valence-electron chi connectivity index (χ4n) is 3.09. The van der Waals surface area contributed by atoms with E-state index in [1.807, 2.05) is 23.4 Å². The van der Waals surface area contributed by atoms with Gasteiger partial charge in [-0.1, -0.05) is 0 Å². The first-order valence-corrected chi connectivity index (χ1v) is 9.18. The van der Waals surface area contributed by atoms with Crippen LogP contribution in [0.4, 0.5) is 5.82 Å². The molecule has 126 valence electrons. The van der Waals surface area contributed by atoms with E-state index in [-0.39, 0.29) is 5.91 Å². The second-order valence-corrected chi connectivity index (χ2v) is 7.18. The lowest BCUT2D eigenvalue weighted by atomic mass is 10.1. The number of thioether (sulfide) groups is 1. The summed E-state index contributed by atoms with van der Waals surface area (Å²) >= 11 is 1.60. The number of hydrogen-bond donors (Lipinski definition) is 3. The van der Waals surface area contributed by atoms with Crippen LogP contribution < -0.4 is 15.5 Å². The minimum absolute atomic E-state index is 0.0102. The number of nitrogens with zero attached hydrogens (tertiary/aromatic N) is 3. The number of carbonyl (C=O) groups is 1. The van der Waals surface area contributed by atoms with Gasteiger partial charge in [-0.25, -0.2) is 9.97 Å². The zero-order valence-electron chi connectivity index (χ0n) is 13.3. The Morgan fingerprint density at radius 2 is 2.42 bits per heavy atom. The molecule has 2 aromatic heterocycles. The zero-order chi connectivity index (χ0) is 16.4. The smallest absolute Gasteiger partial charge is 0.259 e. The first-order chi connectivity index (χ1) is 11.8. The topological polar surface area (TPSA) is 85.9 Å². The van der Waals surface area contributed by atoms with Gasteiger partial charge in [-0.3, -0.25) is 4.79 Å². The van der Waals surface area contributed by atoms with Crippen molar-refractivity contribution in [1.82, 2.24) is 25.6 Å². The van der Waals surface area contributed by atoms with E-state index in [4.69, 9.17) is 0 Å². The molecule has 0 saturated carbocycles. The van der Waals surface area contributed by atoms with Crippen molar-refractivity contribution in [3.8, 4) is 0 Å². The maximum Gasteiger partial charge on any atom is 0.259 e. The normalized spacial score (nSPS) is 21.1. The fourth-order valence-corrected chi connectivity index (χ4v) is 4.00. The molecule has 0 unspecified atom stereocenters. The lowest BCUT2D eigenvalue weighted by Crippen LogP contribution is -2.34. The minimum Gasteiger partial charge on any atom is -0.351 e. The van der Waals surface area contributed by atoms with Gasteiger partial charge < -0.3 is 20.5 Å². The molecule has 0 bridgehead atoms. The van der Waals surface area contributed by atoms with Crippen molar-refractivity contribution < 1.29 is 4.79 Å². The molecule has 1 saturated heterocycles. The van der Waals surface area contributed by atoms with Crippen molar-refractivity contribution in [1.29, 1.82) is 0 Å². The highest BCUT2D eigenvalue weighted by molar-refractivity contribution is 8.04. The predicted octanol–water partition coefficient (Wildman–Crippen LogP) is 1.08. The number of rotatable bonds is 4. The van der Waals surface area contributed by atoms with Crippen molar-refractivity contribution in [3.63, 3.8) is 0 Å². The number of H-pyrrole nitrogens is 1. The van der Waals surface area contributed by atoms with Crippen molar-refractivity contribution >= 4 is 34.5 Å². The molecule has 0 spiro atoms. The average Bonchev–Trinajstić information content (AvgIpc) is 3.30. The Kier molecular flexibility index (Phi) is 4.40. The van der Waals surface area contributed by atoms with E-state index >= 15 is 0 Å². The molecule has 0 radical (unpaired) electrons. The predicted molar refractivity (Wildman–Crippen MR) is 95.8 cm³/mol. The largest absolute Gasteiger partial charge is 0.351 e. The van der Waals surface area contributed by atoms with Crippen molar-refractivity contribution in [3.05, 3.63) is 29.7 Å². The van der Waals surface area contributed by atoms with Crippen LogP contribution in [0.25, 0.3) is 11.0 Å². The Bertz CT molecular complexity index is 767. The Morgan fingerprint density at radius 3 is 3.29 bits per heavy atom. The number of carbonyl (C=O) groups excluding carboxylic acids is 1. The van der Waals surface area contributed by atoms with Gasteiger partial charge in [-0.2, -0.15) is 0 Å². The summed E-state index contributed by atoms with van der Waals surface area (Å²) in [4.78, 5) is 27.0. The molecule has 8 heteroatoms. The number of nitrogens with one attached hydrogen (secondary N) is 3. The Morgan fingerprint density at radius 1 is 1.46 bits per heavy atom. The third kappa shape index (κ3) is 3.11. The van der Waals surface area contributed by atoms with Gasteiger partial charge in [0.25, 0.3) is 5.91 Å². The molecule has 2 aliphatic rings. The maximum absolute atomic E-state index is 12.5. The second kappa shape index (κ2) is 6.82. The SMILES string of the molecule is O=C(NC[C@H]1CCNC1)C1=CN(c2ncnc3[nH]ccc23)CCS1. The monoisotopic (exact) mass is 344 g/mol. The number of aromatic amines is 1. The van der Waals surface area contributed by atoms with Crippen LogP contribution in [0, 0.1) is 5.92 Å². The van der Waals surface area contributed by atoms with Gasteiger partial charge in [0.15, 0.2) is 0 Å². The molecular weight excluding hydrogens is 324 g/mol. The van der Waals surface area contributed by atoms with E-state index in [9.17, 15) is 4.79 Å². The van der Waals surface area contributed by atoms with Gasteiger partial charge in [0.05, 0.1) is 10.3 Å². The molecule has 1 amide bonds. The molecule has 1 fully saturated rings. The van der Waals surface area contributed by atoms with E-state index in [1.54, 1.807) is 18.1 Å². The van der Waals surface area contributed by atoms with Gasteiger partial charge in [0, 0.05) is 31.2 Å². The third-order valence-electron chi connectivity index (χ3n) is 4.41. The highest BCUT2D eigenvalue weighted by Crippen LogP contribution is 2.28. The summed E-state index contributed by atoms with van der Waals surface area (Å²) in [5.41, 5.74) is 0.811. The van der Waals surface area contributed by atoms with Gasteiger partial charge in [-0.15, -0.1) is 11.8 Å². The summed E-state index contributed by atoms with van der Waals surface area (Å²) in [5, 5.41) is 7.36. The molecule has 0 aliphatic carbocycles. The highest BCUT2D eigenvalue weighted by atomic mass is 32.2. The molecule has 2 aromatic rings. The standard InChI is InChI=1S/C16H20N6OS/c23-16(19-8-11-1-3-17-7-11)13-9-22(5-6-24-13)15-12-2-4-18-14(12)20-10-21-15/h2,4,9-11,17H,1,3,5-8H2,(H,19,23)(H,18,20,21)/t11-/m0/s1. The number of anilines is 1. The molecule has 0 aromatic carbocycles. The van der Waals surface area contributed by atoms with Crippen molar-refractivity contribution in [2.45, 2.75) is 6.42 Å². The summed E-state index contributed by atoms with van der Waals surface area (Å²) in [7, 11) is 0. The summed E-state index contributed by atoms with van der Waals surface area (Å²) in [6.45, 7) is 3.60. The van der Waals surface area contributed by atoms with Crippen LogP contribution in [0.2, 0.25) is 0 Å². The van der Waals surface area contributed by atoms with Crippen LogP contribution in [-0.4, -0.2) is 52.8 Å². The highest BCUT2D eigenvalue weighted by Gasteiger charge is 2.22. The van der Waals surface area contributed by atoms with E-state index in [1.165, 1.54) is 0 Å². The van der Waals surface area contributed by atoms with E-state index in [2.05, 4.69) is 25.6 Å². The number of fused-ring (bicyclic) bond motifs is 1. The minimum atomic E-state index is 0.0102. The number of aromatic nitrogens is 3. The molecule has 1 atom stereocenters. The zero-order valence-corrected chi connectivity index (χ0v) is 14.1. The van der Waals surface area contributed by atoms with E-state index in [0.717, 1.165) is 60.1 Å². The fraction of sp³-hybridized carbons (Fsp3) is 0.438. The van der Waals surface area contributed by atoms with Gasteiger partial charge in [0.1, 0.15) is 17.8 Å². The molecule has 3 N–H and O–H groups in total. The van der Waals surface area contributed by atoms with Gasteiger partial charge in [-0.05, 0) is 31.5 Å². The van der Waals surface area contributed by atoms with Crippen LogP contribution >= 0.6 is 11.8 Å². The summed E-state index contributed by atoms with van der Waals surface area (Å²) in [6, 6.07) is 1.97. The first-order valence-electron chi connectivity index (χ1n) is 8.19. The van der Waals surface area contributed by atoms with Crippen LogP contribution in [0.1, 0.15) is 6.42 Å². The summed E-state index contributed by atoms with van der Waals surface area (Å²) < 4.78 is 0. The Labute approximate surface area is 144 Å². The lowest BCUT2D eigenvalue weighted by Gasteiger charge is -2.25. The van der Waals surface area contributed by atoms with E-state index in [0.29, 0.717) is 5.92 Å². The van der Waals surface area contributed by atoms with Crippen molar-refractivity contribution in [2.75, 3.05) is 36.8 Å². The Hall–Kier alpha value is -2.06. The van der Waals surface area contributed by atoms with Crippen LogP contribution in [0.5, 0.6) is 0 Å². The maximum atomic E-state index is 12.5. The number of amides is 1. The molecule has 2 aliphatic heterocycles. The molecule has 4 heterocycles. The van der Waals surface area contributed by atoms with Crippen LogP contribution in [0.15, 0.2) is 29.7 Å². The second-order valence-electron chi connectivity index (χ2n) is 6.04. The molecular formula is C16H20N6OS. The van der Waals surface area contributed by atoms with Crippen LogP contribution in [-0.2, 0) is 4.79 Å². The molecule has 24 heavy (non-hydrogen) atoms. The van der Waals surface area contributed by atoms with Gasteiger partial charge in [0.2, 0.25) is 0 Å². The quantitative estimate of drug-likeness (QED) is 0.769. The molecule has 4 rings (SSSR count). The lowest BCUT2D eigenvalue weighted by molar-refractivity contribution is -0.117. The average molecular weight is 344 g/mol. The van der Waals surface area contributed by atoms with Gasteiger partial charge >= 0.3 is 0 Å². The summed E-state index contributed by atoms with van der Waals surface area (Å²) in [5.74, 6) is 2.25.